The average Bonchev–Trinajstić information content (AvgIpc) is 2.00. The second kappa shape index (κ2) is 4.89. The minimum Gasteiger partial charge on any atom is -0.0625 e. The van der Waals surface area contributed by atoms with Crippen molar-refractivity contribution < 1.29 is 0 Å². The van der Waals surface area contributed by atoms with E-state index in [1.807, 2.05) is 0 Å². The highest BCUT2D eigenvalue weighted by Crippen LogP contribution is 2.30. The van der Waals surface area contributed by atoms with E-state index in [4.69, 9.17) is 0 Å². The van der Waals surface area contributed by atoms with Crippen molar-refractivity contribution in [3.8, 4) is 0 Å². The summed E-state index contributed by atoms with van der Waals surface area (Å²) in [5.74, 6) is 4.19. The smallest absolute Gasteiger partial charge is 0.0386 e. The zero-order chi connectivity index (χ0) is 9.89. The van der Waals surface area contributed by atoms with Crippen LogP contribution in [0.5, 0.6) is 0 Å². The molecule has 0 saturated carbocycles. The Labute approximate surface area is 78.8 Å². The summed E-state index contributed by atoms with van der Waals surface area (Å²) in [5.41, 5.74) is 0. The van der Waals surface area contributed by atoms with E-state index < -0.39 is 0 Å². The summed E-state index contributed by atoms with van der Waals surface area (Å²) in [4.78, 5) is 0. The molecule has 0 rings (SSSR count). The van der Waals surface area contributed by atoms with Crippen molar-refractivity contribution in [2.24, 2.45) is 29.6 Å². The Morgan fingerprint density at radius 3 is 0.833 bits per heavy atom. The van der Waals surface area contributed by atoms with Gasteiger partial charge in [-0.3, -0.25) is 0 Å². The highest BCUT2D eigenvalue weighted by atomic mass is 14.3. The van der Waals surface area contributed by atoms with Gasteiger partial charge >= 0.3 is 0 Å². The van der Waals surface area contributed by atoms with Crippen LogP contribution in [-0.4, -0.2) is 0 Å². The monoisotopic (exact) mass is 170 g/mol. The first-order chi connectivity index (χ1) is 5.37. The predicted octanol–water partition coefficient (Wildman–Crippen LogP) is 4.21. The molecule has 0 aromatic rings. The summed E-state index contributed by atoms with van der Waals surface area (Å²) in [6, 6.07) is 0. The fraction of sp³-hybridized carbons (Fsp3) is 1.00. The molecule has 0 saturated heterocycles. The largest absolute Gasteiger partial charge is 0.0625 e. The number of rotatable bonds is 4. The van der Waals surface area contributed by atoms with Gasteiger partial charge in [0.25, 0.3) is 0 Å². The fourth-order valence-corrected chi connectivity index (χ4v) is 1.69. The van der Waals surface area contributed by atoms with E-state index in [9.17, 15) is 0 Å². The molecule has 0 nitrogen and oxygen atoms in total. The van der Waals surface area contributed by atoms with E-state index in [0.717, 1.165) is 29.6 Å². The van der Waals surface area contributed by atoms with Gasteiger partial charge in [0, 0.05) is 0 Å². The Balaban J connectivity index is 4.08. The lowest BCUT2D eigenvalue weighted by Gasteiger charge is -2.31. The normalized spacial score (nSPS) is 17.5. The first-order valence-corrected chi connectivity index (χ1v) is 5.37. The van der Waals surface area contributed by atoms with E-state index >= 15 is 0 Å². The van der Waals surface area contributed by atoms with Crippen LogP contribution in [0.25, 0.3) is 0 Å². The third-order valence-electron chi connectivity index (χ3n) is 3.76. The van der Waals surface area contributed by atoms with Gasteiger partial charge in [-0.1, -0.05) is 48.5 Å². The third kappa shape index (κ3) is 3.16. The molecule has 0 heterocycles. The van der Waals surface area contributed by atoms with Crippen LogP contribution in [0.4, 0.5) is 0 Å². The maximum Gasteiger partial charge on any atom is -0.0386 e. The van der Waals surface area contributed by atoms with Crippen molar-refractivity contribution >= 4 is 0 Å². The van der Waals surface area contributed by atoms with Crippen molar-refractivity contribution in [3.05, 3.63) is 0 Å². The molecule has 0 aromatic carbocycles. The van der Waals surface area contributed by atoms with Gasteiger partial charge in [0.15, 0.2) is 0 Å². The minimum atomic E-state index is 0.821. The molecule has 0 aliphatic rings. The molecule has 0 fully saturated rings. The lowest BCUT2D eigenvalue weighted by molar-refractivity contribution is 0.184. The van der Waals surface area contributed by atoms with Gasteiger partial charge in [-0.05, 0) is 29.6 Å². The summed E-state index contributed by atoms with van der Waals surface area (Å²) in [6.45, 7) is 16.5. The van der Waals surface area contributed by atoms with Crippen molar-refractivity contribution in [1.82, 2.24) is 0 Å². The molecule has 0 radical (unpaired) electrons. The first kappa shape index (κ1) is 12.0. The van der Waals surface area contributed by atoms with E-state index in [-0.39, 0.29) is 0 Å². The summed E-state index contributed by atoms with van der Waals surface area (Å²) >= 11 is 0. The topological polar surface area (TPSA) is 0 Å². The minimum absolute atomic E-state index is 0.821. The standard InChI is InChI=1S/C12H26/c1-8(2)10(5)12(7)11(6)9(3)4/h8-12H,1-7H3/t10-,11+,12?. The first-order valence-electron chi connectivity index (χ1n) is 5.37. The van der Waals surface area contributed by atoms with Crippen LogP contribution in [0, 0.1) is 29.6 Å². The molecule has 0 N–H and O–H groups in total. The molecule has 12 heavy (non-hydrogen) atoms. The fourth-order valence-electron chi connectivity index (χ4n) is 1.69. The lowest BCUT2D eigenvalue weighted by atomic mass is 9.75. The number of hydrogen-bond donors (Lipinski definition) is 0. The maximum absolute atomic E-state index is 2.40. The molecular formula is C12H26. The maximum atomic E-state index is 2.40. The molecular weight excluding hydrogens is 144 g/mol. The van der Waals surface area contributed by atoms with Crippen LogP contribution < -0.4 is 0 Å². The van der Waals surface area contributed by atoms with Crippen LogP contribution >= 0.6 is 0 Å². The molecule has 0 aliphatic heterocycles. The summed E-state index contributed by atoms with van der Waals surface area (Å²) in [7, 11) is 0. The SMILES string of the molecule is CC(C)[C@@H](C)C(C)[C@@H](C)C(C)C. The molecule has 0 aliphatic carbocycles. The van der Waals surface area contributed by atoms with Crippen LogP contribution in [0.2, 0.25) is 0 Å². The van der Waals surface area contributed by atoms with E-state index in [1.165, 1.54) is 0 Å². The quantitative estimate of drug-likeness (QED) is 0.593. The van der Waals surface area contributed by atoms with E-state index in [0.29, 0.717) is 0 Å². The zero-order valence-corrected chi connectivity index (χ0v) is 9.89. The Hall–Kier alpha value is 0. The third-order valence-corrected chi connectivity index (χ3v) is 3.76. The second-order valence-corrected chi connectivity index (χ2v) is 5.07. The van der Waals surface area contributed by atoms with Gasteiger partial charge in [-0.25, -0.2) is 0 Å². The van der Waals surface area contributed by atoms with Crippen LogP contribution in [-0.2, 0) is 0 Å². The van der Waals surface area contributed by atoms with E-state index in [2.05, 4.69) is 48.5 Å². The van der Waals surface area contributed by atoms with Crippen molar-refractivity contribution in [1.29, 1.82) is 0 Å². The Morgan fingerprint density at radius 1 is 0.417 bits per heavy atom. The molecule has 0 spiro atoms. The lowest BCUT2D eigenvalue weighted by Crippen LogP contribution is -2.24. The molecule has 3 atom stereocenters. The Bertz CT molecular complexity index is 99.2. The van der Waals surface area contributed by atoms with Crippen molar-refractivity contribution in [2.75, 3.05) is 0 Å². The van der Waals surface area contributed by atoms with Gasteiger partial charge in [0.05, 0.1) is 0 Å². The molecule has 1 unspecified atom stereocenters. The predicted molar refractivity (Wildman–Crippen MR) is 57.2 cm³/mol. The summed E-state index contributed by atoms with van der Waals surface area (Å²) in [5, 5.41) is 0. The Kier molecular flexibility index (Phi) is 4.89. The van der Waals surface area contributed by atoms with Crippen LogP contribution in [0.3, 0.4) is 0 Å². The van der Waals surface area contributed by atoms with E-state index in [1.54, 1.807) is 0 Å². The molecule has 0 bridgehead atoms. The summed E-state index contributed by atoms with van der Waals surface area (Å²) in [6.07, 6.45) is 0. The second-order valence-electron chi connectivity index (χ2n) is 5.07. The van der Waals surface area contributed by atoms with Crippen LogP contribution in [0.15, 0.2) is 0 Å². The van der Waals surface area contributed by atoms with Gasteiger partial charge in [0.1, 0.15) is 0 Å². The highest BCUT2D eigenvalue weighted by molar-refractivity contribution is 4.72. The molecule has 74 valence electrons. The van der Waals surface area contributed by atoms with Crippen LogP contribution in [0.1, 0.15) is 48.5 Å². The molecule has 0 amide bonds. The van der Waals surface area contributed by atoms with Crippen molar-refractivity contribution in [2.45, 2.75) is 48.5 Å². The van der Waals surface area contributed by atoms with Gasteiger partial charge in [-0.15, -0.1) is 0 Å². The average molecular weight is 170 g/mol. The van der Waals surface area contributed by atoms with Gasteiger partial charge in [-0.2, -0.15) is 0 Å². The summed E-state index contributed by atoms with van der Waals surface area (Å²) < 4.78 is 0. The van der Waals surface area contributed by atoms with Gasteiger partial charge in [0.2, 0.25) is 0 Å². The highest BCUT2D eigenvalue weighted by Gasteiger charge is 2.23. The molecule has 0 heteroatoms. The number of hydrogen-bond acceptors (Lipinski definition) is 0. The molecule has 0 aromatic heterocycles. The Morgan fingerprint density at radius 2 is 0.667 bits per heavy atom. The zero-order valence-electron chi connectivity index (χ0n) is 9.89. The van der Waals surface area contributed by atoms with Crippen molar-refractivity contribution in [3.63, 3.8) is 0 Å². The van der Waals surface area contributed by atoms with Gasteiger partial charge < -0.3 is 0 Å².